The quantitative estimate of drug-likeness (QED) is 0.759. The molecule has 4 atom stereocenters. The van der Waals surface area contributed by atoms with Crippen LogP contribution >= 0.6 is 0 Å². The number of halogens is 1. The summed E-state index contributed by atoms with van der Waals surface area (Å²) < 4.78 is 33.2. The van der Waals surface area contributed by atoms with E-state index >= 15 is 0 Å². The highest BCUT2D eigenvalue weighted by Gasteiger charge is 2.55. The molecular weight excluding hydrogens is 399 g/mol. The lowest BCUT2D eigenvalue weighted by atomic mass is 9.73. The molecule has 3 aliphatic rings. The molecule has 0 saturated heterocycles. The molecule has 31 heavy (non-hydrogen) atoms. The third-order valence-corrected chi connectivity index (χ3v) is 6.51. The van der Waals surface area contributed by atoms with E-state index in [-0.39, 0.29) is 18.1 Å². The molecule has 1 spiro atoms. The van der Waals surface area contributed by atoms with E-state index in [1.165, 1.54) is 6.20 Å². The molecule has 5 rings (SSSR count). The molecule has 2 N–H and O–H groups in total. The van der Waals surface area contributed by atoms with E-state index in [1.54, 1.807) is 17.0 Å². The first-order chi connectivity index (χ1) is 15.0. The van der Waals surface area contributed by atoms with Gasteiger partial charge in [0.2, 0.25) is 11.7 Å². The van der Waals surface area contributed by atoms with Crippen molar-refractivity contribution in [3.8, 4) is 16.9 Å². The smallest absolute Gasteiger partial charge is 0.220 e. The number of nitrogens with zero attached hydrogens (tertiary/aromatic N) is 3. The predicted molar refractivity (Wildman–Crippen MR) is 114 cm³/mol. The summed E-state index contributed by atoms with van der Waals surface area (Å²) >= 11 is 0. The van der Waals surface area contributed by atoms with Crippen molar-refractivity contribution in [2.45, 2.75) is 44.1 Å². The van der Waals surface area contributed by atoms with Gasteiger partial charge in [0.15, 0.2) is 5.96 Å². The van der Waals surface area contributed by atoms with Gasteiger partial charge in [-0.05, 0) is 56.0 Å². The van der Waals surface area contributed by atoms with Crippen molar-refractivity contribution in [1.29, 1.82) is 0 Å². The number of aliphatic imine (C=N–C) groups is 1. The Morgan fingerprint density at radius 2 is 2.19 bits per heavy atom. The van der Waals surface area contributed by atoms with Crippen LogP contribution in [0.2, 0.25) is 0 Å². The van der Waals surface area contributed by atoms with Crippen LogP contribution in [0.3, 0.4) is 0 Å². The summed E-state index contributed by atoms with van der Waals surface area (Å²) in [5.74, 6) is 0.527. The first-order valence-electron chi connectivity index (χ1n) is 10.8. The molecule has 1 saturated carbocycles. The Bertz CT molecular complexity index is 1020. The van der Waals surface area contributed by atoms with Gasteiger partial charge in [-0.25, -0.2) is 9.98 Å². The van der Waals surface area contributed by atoms with Crippen LogP contribution in [0.1, 0.15) is 31.7 Å². The normalized spacial score (nSPS) is 29.7. The molecule has 2 unspecified atom stereocenters. The van der Waals surface area contributed by atoms with Gasteiger partial charge in [-0.2, -0.15) is 4.39 Å². The summed E-state index contributed by atoms with van der Waals surface area (Å²) in [6.45, 7) is 2.97. The number of benzene rings is 1. The zero-order valence-electron chi connectivity index (χ0n) is 17.8. The molecule has 1 fully saturated rings. The molecule has 1 aliphatic carbocycles. The second kappa shape index (κ2) is 7.76. The van der Waals surface area contributed by atoms with Crippen molar-refractivity contribution in [2.24, 2.45) is 16.6 Å². The highest BCUT2D eigenvalue weighted by Crippen LogP contribution is 2.53. The van der Waals surface area contributed by atoms with Crippen LogP contribution in [0.4, 0.5) is 4.39 Å². The maximum absolute atomic E-state index is 14.4. The van der Waals surface area contributed by atoms with Crippen LogP contribution in [0.15, 0.2) is 41.5 Å². The largest absolute Gasteiger partial charge is 0.489 e. The summed E-state index contributed by atoms with van der Waals surface area (Å²) in [4.78, 5) is 10.4. The lowest BCUT2D eigenvalue weighted by Crippen LogP contribution is -2.57. The Kier molecular flexibility index (Phi) is 5.06. The number of aromatic nitrogens is 1. The van der Waals surface area contributed by atoms with E-state index in [1.807, 2.05) is 32.2 Å². The number of hydrogen-bond donors (Lipinski definition) is 1. The minimum absolute atomic E-state index is 0.0508. The van der Waals surface area contributed by atoms with Gasteiger partial charge in [-0.3, -0.25) is 0 Å². The maximum Gasteiger partial charge on any atom is 0.220 e. The zero-order chi connectivity index (χ0) is 21.6. The molecule has 7 nitrogen and oxygen atoms in total. The molecule has 2 aromatic rings. The second-order valence-electron chi connectivity index (χ2n) is 8.34. The number of guanidine groups is 1. The summed E-state index contributed by atoms with van der Waals surface area (Å²) in [6, 6.07) is 9.05. The van der Waals surface area contributed by atoms with Crippen molar-refractivity contribution in [3.05, 3.63) is 48.0 Å². The highest BCUT2D eigenvalue weighted by atomic mass is 19.1. The topological polar surface area (TPSA) is 82.2 Å². The molecule has 0 radical (unpaired) electrons. The van der Waals surface area contributed by atoms with Gasteiger partial charge in [0.05, 0.1) is 12.0 Å². The van der Waals surface area contributed by atoms with Crippen LogP contribution in [0, 0.1) is 11.9 Å². The molecule has 0 bridgehead atoms. The Labute approximate surface area is 181 Å². The van der Waals surface area contributed by atoms with Crippen molar-refractivity contribution in [3.63, 3.8) is 0 Å². The Morgan fingerprint density at radius 1 is 1.32 bits per heavy atom. The first kappa shape index (κ1) is 20.2. The van der Waals surface area contributed by atoms with Crippen LogP contribution in [0.25, 0.3) is 11.1 Å². The number of fused-ring (bicyclic) bond motifs is 4. The summed E-state index contributed by atoms with van der Waals surface area (Å²) in [5, 5.41) is 0. The van der Waals surface area contributed by atoms with Crippen LogP contribution < -0.4 is 10.5 Å². The fourth-order valence-electron chi connectivity index (χ4n) is 4.97. The molecule has 1 aromatic heterocycles. The molecule has 3 heterocycles. The summed E-state index contributed by atoms with van der Waals surface area (Å²) in [6.07, 6.45) is 4.04. The number of hydrogen-bond acceptors (Lipinski definition) is 7. The van der Waals surface area contributed by atoms with E-state index in [4.69, 9.17) is 24.9 Å². The Balaban J connectivity index is 1.65. The van der Waals surface area contributed by atoms with Gasteiger partial charge in [0, 0.05) is 31.0 Å². The fourth-order valence-corrected chi connectivity index (χ4v) is 4.97. The number of rotatable bonds is 3. The van der Waals surface area contributed by atoms with Crippen molar-refractivity contribution >= 4 is 5.96 Å². The van der Waals surface area contributed by atoms with E-state index in [0.29, 0.717) is 36.2 Å². The highest BCUT2D eigenvalue weighted by molar-refractivity contribution is 5.79. The number of pyridine rings is 1. The van der Waals surface area contributed by atoms with Gasteiger partial charge < -0.3 is 24.8 Å². The minimum Gasteiger partial charge on any atom is -0.489 e. The summed E-state index contributed by atoms with van der Waals surface area (Å²) in [5.41, 5.74) is 7.16. The van der Waals surface area contributed by atoms with Crippen LogP contribution in [0.5, 0.6) is 5.75 Å². The standard InChI is InChI=1S/C23H27FN4O3/c1-3-29-15-7-9-20-18(12-15)23(27-22(25)28(2)13-30-23)17-11-14(6-8-19(17)31-20)16-5-4-10-26-21(16)24/h4-6,8,10-11,15,18,20H,3,7,9,12-13H2,1-2H3,(H2,25,27)/t15-,18-,20?,23?/m0/s1. The average molecular weight is 426 g/mol. The zero-order valence-corrected chi connectivity index (χ0v) is 17.8. The van der Waals surface area contributed by atoms with Crippen molar-refractivity contribution < 1.29 is 18.6 Å². The number of nitrogens with two attached hydrogens (primary N) is 1. The monoisotopic (exact) mass is 426 g/mol. The Hall–Kier alpha value is -2.71. The lowest BCUT2D eigenvalue weighted by molar-refractivity contribution is -0.182. The summed E-state index contributed by atoms with van der Waals surface area (Å²) in [7, 11) is 1.84. The van der Waals surface area contributed by atoms with Crippen molar-refractivity contribution in [2.75, 3.05) is 20.4 Å². The van der Waals surface area contributed by atoms with Gasteiger partial charge in [-0.15, -0.1) is 0 Å². The molecular formula is C23H27FN4O3. The maximum atomic E-state index is 14.4. The van der Waals surface area contributed by atoms with Gasteiger partial charge in [0.25, 0.3) is 0 Å². The van der Waals surface area contributed by atoms with Gasteiger partial charge >= 0.3 is 0 Å². The molecule has 8 heteroatoms. The van der Waals surface area contributed by atoms with Crippen LogP contribution in [-0.2, 0) is 15.2 Å². The van der Waals surface area contributed by atoms with Gasteiger partial charge in [-0.1, -0.05) is 6.07 Å². The van der Waals surface area contributed by atoms with Gasteiger partial charge in [0.1, 0.15) is 18.6 Å². The second-order valence-corrected chi connectivity index (χ2v) is 8.34. The predicted octanol–water partition coefficient (Wildman–Crippen LogP) is 3.24. The van der Waals surface area contributed by atoms with E-state index in [9.17, 15) is 4.39 Å². The molecule has 0 amide bonds. The first-order valence-corrected chi connectivity index (χ1v) is 10.8. The van der Waals surface area contributed by atoms with Crippen molar-refractivity contribution in [1.82, 2.24) is 9.88 Å². The minimum atomic E-state index is -1.00. The number of ether oxygens (including phenoxy) is 3. The molecule has 1 aromatic carbocycles. The molecule has 2 aliphatic heterocycles. The third-order valence-electron chi connectivity index (χ3n) is 6.51. The Morgan fingerprint density at radius 3 is 2.97 bits per heavy atom. The van der Waals surface area contributed by atoms with E-state index < -0.39 is 11.7 Å². The lowest BCUT2D eigenvalue weighted by Gasteiger charge is -2.51. The average Bonchev–Trinajstić information content (AvgIpc) is 2.77. The fraction of sp³-hybridized carbons (Fsp3) is 0.478. The third kappa shape index (κ3) is 3.34. The molecule has 164 valence electrons. The van der Waals surface area contributed by atoms with Crippen LogP contribution in [-0.4, -0.2) is 48.4 Å². The van der Waals surface area contributed by atoms with E-state index in [2.05, 4.69) is 4.98 Å². The van der Waals surface area contributed by atoms with E-state index in [0.717, 1.165) is 24.8 Å². The SMILES string of the molecule is CCO[C@H]1CCC2Oc3ccc(-c4cccnc4F)cc3C3(N=C(N)N(C)CO3)[C@H]2C1.